The lowest BCUT2D eigenvalue weighted by molar-refractivity contribution is -0.132. The first kappa shape index (κ1) is 21.3. The number of imide groups is 1. The van der Waals surface area contributed by atoms with Crippen molar-refractivity contribution < 1.29 is 14.4 Å². The molecule has 1 saturated heterocycles. The molecule has 1 saturated carbocycles. The maximum atomic E-state index is 13.1. The molecule has 1 aliphatic carbocycles. The van der Waals surface area contributed by atoms with Crippen molar-refractivity contribution in [1.82, 2.24) is 14.8 Å². The Morgan fingerprint density at radius 3 is 2.45 bits per heavy atom. The van der Waals surface area contributed by atoms with Gasteiger partial charge >= 0.3 is 6.03 Å². The maximum Gasteiger partial charge on any atom is 0.325 e. The minimum atomic E-state index is -0.812. The summed E-state index contributed by atoms with van der Waals surface area (Å²) in [5.74, 6) is 0.176. The molecular formula is C25H31N3O3. The fourth-order valence-corrected chi connectivity index (χ4v) is 5.06. The number of amides is 3. The molecule has 31 heavy (non-hydrogen) atoms. The summed E-state index contributed by atoms with van der Waals surface area (Å²) in [6.45, 7) is 6.52. The zero-order valence-corrected chi connectivity index (χ0v) is 18.6. The summed E-state index contributed by atoms with van der Waals surface area (Å²) in [6, 6.07) is 11.5. The van der Waals surface area contributed by atoms with Crippen molar-refractivity contribution in [1.29, 1.82) is 0 Å². The molecule has 4 rings (SSSR count). The lowest BCUT2D eigenvalue weighted by Crippen LogP contribution is -2.49. The van der Waals surface area contributed by atoms with Gasteiger partial charge in [-0.2, -0.15) is 0 Å². The van der Waals surface area contributed by atoms with Crippen LogP contribution in [-0.2, 0) is 11.3 Å². The monoisotopic (exact) mass is 421 g/mol. The standard InChI is InChI=1S/C25H31N3O3/c1-4-19-10-12-25(13-11-19)23(30)28(24(31)26-25)16-22(29)21-14-17(2)27(18(21)3)15-20-8-6-5-7-9-20/h5-9,14,19H,4,10-13,15-16H2,1-3H3,(H,26,31). The molecule has 164 valence electrons. The van der Waals surface area contributed by atoms with Gasteiger partial charge in [0.15, 0.2) is 5.78 Å². The van der Waals surface area contributed by atoms with Gasteiger partial charge in [0.05, 0.1) is 6.54 Å². The molecule has 1 aliphatic heterocycles. The summed E-state index contributed by atoms with van der Waals surface area (Å²) < 4.78 is 2.10. The van der Waals surface area contributed by atoms with E-state index in [0.29, 0.717) is 30.9 Å². The zero-order chi connectivity index (χ0) is 22.2. The smallest absolute Gasteiger partial charge is 0.325 e. The number of benzene rings is 1. The molecule has 6 nitrogen and oxygen atoms in total. The number of ketones is 1. The molecule has 0 atom stereocenters. The molecule has 2 aliphatic rings. The first-order valence-corrected chi connectivity index (χ1v) is 11.2. The molecule has 1 aromatic heterocycles. The third kappa shape index (κ3) is 3.91. The largest absolute Gasteiger partial charge is 0.344 e. The second kappa shape index (κ2) is 8.33. The fraction of sp³-hybridized carbons (Fsp3) is 0.480. The van der Waals surface area contributed by atoms with Crippen LogP contribution in [-0.4, -0.2) is 39.3 Å². The van der Waals surface area contributed by atoms with Gasteiger partial charge in [-0.05, 0) is 57.1 Å². The number of carbonyl (C=O) groups excluding carboxylic acids is 3. The number of nitrogens with zero attached hydrogens (tertiary/aromatic N) is 2. The molecule has 2 fully saturated rings. The highest BCUT2D eigenvalue weighted by Gasteiger charge is 2.52. The molecular weight excluding hydrogens is 390 g/mol. The highest BCUT2D eigenvalue weighted by atomic mass is 16.2. The molecule has 3 amide bonds. The molecule has 0 bridgehead atoms. The number of Topliss-reactive ketones (excluding diaryl/α,β-unsaturated/α-hetero) is 1. The summed E-state index contributed by atoms with van der Waals surface area (Å²) in [5.41, 5.74) is 2.76. The number of carbonyl (C=O) groups is 3. The van der Waals surface area contributed by atoms with Gasteiger partial charge in [0, 0.05) is 23.5 Å². The number of urea groups is 1. The molecule has 0 unspecified atom stereocenters. The predicted molar refractivity (Wildman–Crippen MR) is 119 cm³/mol. The van der Waals surface area contributed by atoms with Gasteiger partial charge in [-0.25, -0.2) is 4.79 Å². The summed E-state index contributed by atoms with van der Waals surface area (Å²) >= 11 is 0. The van der Waals surface area contributed by atoms with E-state index in [2.05, 4.69) is 28.9 Å². The van der Waals surface area contributed by atoms with Crippen molar-refractivity contribution in [3.8, 4) is 0 Å². The van der Waals surface area contributed by atoms with Crippen LogP contribution >= 0.6 is 0 Å². The van der Waals surface area contributed by atoms with Gasteiger partial charge in [0.2, 0.25) is 0 Å². The summed E-state index contributed by atoms with van der Waals surface area (Å²) in [6.07, 6.45) is 4.29. The molecule has 2 aromatic rings. The third-order valence-electron chi connectivity index (χ3n) is 7.14. The second-order valence-electron chi connectivity index (χ2n) is 9.03. The molecule has 6 heteroatoms. The van der Waals surface area contributed by atoms with Crippen molar-refractivity contribution >= 4 is 17.7 Å². The van der Waals surface area contributed by atoms with Crippen molar-refractivity contribution in [3.05, 3.63) is 58.9 Å². The van der Waals surface area contributed by atoms with E-state index in [1.54, 1.807) is 0 Å². The predicted octanol–water partition coefficient (Wildman–Crippen LogP) is 4.23. The van der Waals surface area contributed by atoms with Crippen LogP contribution in [0.2, 0.25) is 0 Å². The Morgan fingerprint density at radius 2 is 1.81 bits per heavy atom. The first-order valence-electron chi connectivity index (χ1n) is 11.2. The Balaban J connectivity index is 1.49. The highest BCUT2D eigenvalue weighted by molar-refractivity contribution is 6.11. The SMILES string of the molecule is CCC1CCC2(CC1)NC(=O)N(CC(=O)c1cc(C)n(Cc3ccccc3)c1C)C2=O. The lowest BCUT2D eigenvalue weighted by Gasteiger charge is -2.34. The van der Waals surface area contributed by atoms with Crippen molar-refractivity contribution in [3.63, 3.8) is 0 Å². The number of hydrogen-bond acceptors (Lipinski definition) is 3. The fourth-order valence-electron chi connectivity index (χ4n) is 5.06. The minimum absolute atomic E-state index is 0.199. The zero-order valence-electron chi connectivity index (χ0n) is 18.6. The first-order chi connectivity index (χ1) is 14.8. The van der Waals surface area contributed by atoms with E-state index in [-0.39, 0.29) is 18.2 Å². The van der Waals surface area contributed by atoms with E-state index in [1.165, 1.54) is 0 Å². The van der Waals surface area contributed by atoms with Crippen LogP contribution in [0.4, 0.5) is 4.79 Å². The average molecular weight is 422 g/mol. The van der Waals surface area contributed by atoms with Crippen molar-refractivity contribution in [2.45, 2.75) is 65.0 Å². The Hall–Kier alpha value is -2.89. The van der Waals surface area contributed by atoms with Crippen molar-refractivity contribution in [2.75, 3.05) is 6.54 Å². The van der Waals surface area contributed by atoms with Crippen LogP contribution in [0.3, 0.4) is 0 Å². The molecule has 1 spiro atoms. The Labute approximate surface area is 183 Å². The van der Waals surface area contributed by atoms with Gasteiger partial charge in [-0.1, -0.05) is 43.7 Å². The van der Waals surface area contributed by atoms with E-state index in [1.807, 2.05) is 38.1 Å². The van der Waals surface area contributed by atoms with Gasteiger partial charge in [-0.3, -0.25) is 14.5 Å². The topological polar surface area (TPSA) is 71.4 Å². The number of rotatable bonds is 6. The average Bonchev–Trinajstić information content (AvgIpc) is 3.17. The van der Waals surface area contributed by atoms with Crippen LogP contribution < -0.4 is 5.32 Å². The van der Waals surface area contributed by atoms with Crippen molar-refractivity contribution in [2.24, 2.45) is 5.92 Å². The summed E-state index contributed by atoms with van der Waals surface area (Å²) in [4.78, 5) is 40.0. The van der Waals surface area contributed by atoms with Crippen LogP contribution in [0.15, 0.2) is 36.4 Å². The molecule has 1 N–H and O–H groups in total. The lowest BCUT2D eigenvalue weighted by atomic mass is 9.75. The van der Waals surface area contributed by atoms with E-state index in [0.717, 1.165) is 41.1 Å². The molecule has 2 heterocycles. The maximum absolute atomic E-state index is 13.1. The number of aryl methyl sites for hydroxylation is 1. The third-order valence-corrected chi connectivity index (χ3v) is 7.14. The van der Waals surface area contributed by atoms with E-state index in [9.17, 15) is 14.4 Å². The van der Waals surface area contributed by atoms with Gasteiger partial charge < -0.3 is 9.88 Å². The molecule has 0 radical (unpaired) electrons. The van der Waals surface area contributed by atoms with E-state index < -0.39 is 11.6 Å². The Kier molecular flexibility index (Phi) is 5.73. The second-order valence-corrected chi connectivity index (χ2v) is 9.03. The Bertz CT molecular complexity index is 1000. The summed E-state index contributed by atoms with van der Waals surface area (Å²) in [7, 11) is 0. The molecule has 1 aromatic carbocycles. The van der Waals surface area contributed by atoms with Crippen LogP contribution in [0.25, 0.3) is 0 Å². The minimum Gasteiger partial charge on any atom is -0.344 e. The van der Waals surface area contributed by atoms with E-state index >= 15 is 0 Å². The van der Waals surface area contributed by atoms with Crippen LogP contribution in [0, 0.1) is 19.8 Å². The number of nitrogens with one attached hydrogen (secondary N) is 1. The Morgan fingerprint density at radius 1 is 1.13 bits per heavy atom. The van der Waals surface area contributed by atoms with Gasteiger partial charge in [0.1, 0.15) is 5.54 Å². The number of aromatic nitrogens is 1. The van der Waals surface area contributed by atoms with E-state index in [4.69, 9.17) is 0 Å². The normalized spacial score (nSPS) is 23.5. The van der Waals surface area contributed by atoms with Gasteiger partial charge in [-0.15, -0.1) is 0 Å². The van der Waals surface area contributed by atoms with Crippen LogP contribution in [0.5, 0.6) is 0 Å². The van der Waals surface area contributed by atoms with Crippen LogP contribution in [0.1, 0.15) is 66.3 Å². The summed E-state index contributed by atoms with van der Waals surface area (Å²) in [5, 5.41) is 2.91. The quantitative estimate of drug-likeness (QED) is 0.561. The number of hydrogen-bond donors (Lipinski definition) is 1. The van der Waals surface area contributed by atoms with Gasteiger partial charge in [0.25, 0.3) is 5.91 Å². The highest BCUT2D eigenvalue weighted by Crippen LogP contribution is 2.37.